The van der Waals surface area contributed by atoms with Gasteiger partial charge in [-0.2, -0.15) is 0 Å². The third kappa shape index (κ3) is 2.13. The molecule has 0 amide bonds. The Kier molecular flexibility index (Phi) is 3.38. The summed E-state index contributed by atoms with van der Waals surface area (Å²) in [5.41, 5.74) is 8.04. The van der Waals surface area contributed by atoms with Crippen LogP contribution in [0, 0.1) is 0 Å². The van der Waals surface area contributed by atoms with Crippen molar-refractivity contribution in [3.8, 4) is 22.3 Å². The van der Waals surface area contributed by atoms with E-state index >= 15 is 0 Å². The molecule has 0 spiro atoms. The first kappa shape index (κ1) is 15.2. The first-order valence-corrected chi connectivity index (χ1v) is 8.20. The summed E-state index contributed by atoms with van der Waals surface area (Å²) < 4.78 is 0. The monoisotopic (exact) mass is 314 g/mol. The van der Waals surface area contributed by atoms with Gasteiger partial charge in [-0.05, 0) is 38.8 Å². The summed E-state index contributed by atoms with van der Waals surface area (Å²) in [5, 5.41) is 18.6. The zero-order valence-corrected chi connectivity index (χ0v) is 13.8. The molecule has 0 heterocycles. The molecule has 118 valence electrons. The van der Waals surface area contributed by atoms with Gasteiger partial charge in [0.25, 0.3) is 0 Å². The van der Waals surface area contributed by atoms with Gasteiger partial charge in [0, 0.05) is 5.41 Å². The van der Waals surface area contributed by atoms with Crippen LogP contribution in [-0.2, 0) is 5.41 Å². The lowest BCUT2D eigenvalue weighted by atomic mass is 9.79. The zero-order valence-electron chi connectivity index (χ0n) is 13.8. The van der Waals surface area contributed by atoms with Crippen LogP contribution in [0.4, 0.5) is 0 Å². The maximum Gasteiger partial charge on any atom is 0.488 e. The first-order valence-electron chi connectivity index (χ1n) is 8.20. The van der Waals surface area contributed by atoms with Crippen LogP contribution in [-0.4, -0.2) is 17.2 Å². The fourth-order valence-corrected chi connectivity index (χ4v) is 3.83. The summed E-state index contributed by atoms with van der Waals surface area (Å²) in [6.07, 6.45) is 0. The molecule has 2 N–H and O–H groups in total. The van der Waals surface area contributed by atoms with E-state index in [1.807, 2.05) is 12.1 Å². The fourth-order valence-electron chi connectivity index (χ4n) is 3.83. The van der Waals surface area contributed by atoms with Crippen molar-refractivity contribution >= 4 is 12.6 Å². The van der Waals surface area contributed by atoms with Crippen molar-refractivity contribution in [2.24, 2.45) is 0 Å². The molecule has 24 heavy (non-hydrogen) atoms. The van der Waals surface area contributed by atoms with E-state index in [1.165, 1.54) is 27.8 Å². The maximum absolute atomic E-state index is 9.29. The van der Waals surface area contributed by atoms with Crippen molar-refractivity contribution in [1.29, 1.82) is 0 Å². The standard InChI is InChI=1S/C21H19BO2/c1-21(2)18-8-4-3-6-17(18)20-16(7-5-9-19(20)21)14-10-12-15(13-11-14)22(23)24/h3-13,23-24H,1-2H3. The topological polar surface area (TPSA) is 40.5 Å². The molecule has 0 fully saturated rings. The van der Waals surface area contributed by atoms with Gasteiger partial charge in [-0.15, -0.1) is 0 Å². The van der Waals surface area contributed by atoms with Crippen molar-refractivity contribution < 1.29 is 10.0 Å². The Morgan fingerprint density at radius 2 is 1.33 bits per heavy atom. The van der Waals surface area contributed by atoms with Gasteiger partial charge in [0.15, 0.2) is 0 Å². The first-order chi connectivity index (χ1) is 11.5. The van der Waals surface area contributed by atoms with Crippen LogP contribution in [0.5, 0.6) is 0 Å². The van der Waals surface area contributed by atoms with E-state index in [1.54, 1.807) is 12.1 Å². The van der Waals surface area contributed by atoms with Crippen LogP contribution in [0.25, 0.3) is 22.3 Å². The Balaban J connectivity index is 1.94. The number of hydrogen-bond acceptors (Lipinski definition) is 2. The third-order valence-electron chi connectivity index (χ3n) is 5.13. The van der Waals surface area contributed by atoms with Crippen molar-refractivity contribution in [2.75, 3.05) is 0 Å². The van der Waals surface area contributed by atoms with Crippen LogP contribution < -0.4 is 5.46 Å². The third-order valence-corrected chi connectivity index (χ3v) is 5.13. The molecule has 0 aliphatic heterocycles. The summed E-state index contributed by atoms with van der Waals surface area (Å²) in [6, 6.07) is 22.5. The van der Waals surface area contributed by atoms with Crippen molar-refractivity contribution in [1.82, 2.24) is 0 Å². The van der Waals surface area contributed by atoms with Crippen molar-refractivity contribution in [2.45, 2.75) is 19.3 Å². The Morgan fingerprint density at radius 1 is 0.708 bits per heavy atom. The van der Waals surface area contributed by atoms with Gasteiger partial charge in [-0.25, -0.2) is 0 Å². The van der Waals surface area contributed by atoms with Crippen LogP contribution in [0.15, 0.2) is 66.7 Å². The molecule has 3 aromatic rings. The smallest absolute Gasteiger partial charge is 0.423 e. The predicted octanol–water partition coefficient (Wildman–Crippen LogP) is 3.34. The molecule has 0 bridgehead atoms. The Hall–Kier alpha value is -2.36. The second-order valence-corrected chi connectivity index (χ2v) is 6.89. The molecule has 2 nitrogen and oxygen atoms in total. The Morgan fingerprint density at radius 3 is 2.04 bits per heavy atom. The lowest BCUT2D eigenvalue weighted by Crippen LogP contribution is -2.29. The van der Waals surface area contributed by atoms with E-state index in [-0.39, 0.29) is 5.41 Å². The van der Waals surface area contributed by atoms with E-state index in [0.717, 1.165) is 5.56 Å². The van der Waals surface area contributed by atoms with Crippen LogP contribution in [0.3, 0.4) is 0 Å². The minimum atomic E-state index is -1.43. The second kappa shape index (κ2) is 5.33. The molecule has 0 atom stereocenters. The normalized spacial score (nSPS) is 14.2. The Labute approximate surface area is 142 Å². The molecule has 1 aliphatic carbocycles. The van der Waals surface area contributed by atoms with Gasteiger partial charge < -0.3 is 10.0 Å². The molecule has 0 radical (unpaired) electrons. The number of hydrogen-bond donors (Lipinski definition) is 2. The fraction of sp³-hybridized carbons (Fsp3) is 0.143. The lowest BCUT2D eigenvalue weighted by molar-refractivity contribution is 0.426. The van der Waals surface area contributed by atoms with Crippen LogP contribution in [0.2, 0.25) is 0 Å². The van der Waals surface area contributed by atoms with Crippen LogP contribution >= 0.6 is 0 Å². The van der Waals surface area contributed by atoms with E-state index < -0.39 is 7.12 Å². The van der Waals surface area contributed by atoms with Crippen LogP contribution in [0.1, 0.15) is 25.0 Å². The molecular formula is C21H19BO2. The van der Waals surface area contributed by atoms with Crippen molar-refractivity contribution in [3.05, 3.63) is 77.9 Å². The summed E-state index contributed by atoms with van der Waals surface area (Å²) in [7, 11) is -1.43. The van der Waals surface area contributed by atoms with Gasteiger partial charge in [0.05, 0.1) is 0 Å². The summed E-state index contributed by atoms with van der Waals surface area (Å²) in [5.74, 6) is 0. The molecule has 0 aromatic heterocycles. The summed E-state index contributed by atoms with van der Waals surface area (Å²) in [6.45, 7) is 4.54. The van der Waals surface area contributed by atoms with E-state index in [2.05, 4.69) is 56.3 Å². The molecule has 0 unspecified atom stereocenters. The largest absolute Gasteiger partial charge is 0.488 e. The molecule has 4 rings (SSSR count). The van der Waals surface area contributed by atoms with E-state index in [9.17, 15) is 10.0 Å². The minimum Gasteiger partial charge on any atom is -0.423 e. The summed E-state index contributed by atoms with van der Waals surface area (Å²) >= 11 is 0. The van der Waals surface area contributed by atoms with Gasteiger partial charge in [-0.1, -0.05) is 80.6 Å². The minimum absolute atomic E-state index is 0.0107. The highest BCUT2D eigenvalue weighted by Crippen LogP contribution is 2.51. The van der Waals surface area contributed by atoms with E-state index in [0.29, 0.717) is 5.46 Å². The zero-order chi connectivity index (χ0) is 16.9. The molecular weight excluding hydrogens is 295 g/mol. The SMILES string of the molecule is CC1(C)c2ccccc2-c2c(-c3ccc(B(O)O)cc3)cccc21. The van der Waals surface area contributed by atoms with Gasteiger partial charge in [0.2, 0.25) is 0 Å². The number of benzene rings is 3. The highest BCUT2D eigenvalue weighted by molar-refractivity contribution is 6.58. The molecule has 0 saturated carbocycles. The van der Waals surface area contributed by atoms with Gasteiger partial charge in [-0.3, -0.25) is 0 Å². The molecule has 3 aromatic carbocycles. The second-order valence-electron chi connectivity index (χ2n) is 6.89. The summed E-state index contributed by atoms with van der Waals surface area (Å²) in [4.78, 5) is 0. The highest BCUT2D eigenvalue weighted by atomic mass is 16.4. The number of rotatable bonds is 2. The molecule has 3 heteroatoms. The average Bonchev–Trinajstić information content (AvgIpc) is 2.84. The maximum atomic E-state index is 9.29. The van der Waals surface area contributed by atoms with Gasteiger partial charge in [0.1, 0.15) is 0 Å². The van der Waals surface area contributed by atoms with Gasteiger partial charge >= 0.3 is 7.12 Å². The van der Waals surface area contributed by atoms with Crippen molar-refractivity contribution in [3.63, 3.8) is 0 Å². The quantitative estimate of drug-likeness (QED) is 0.712. The van der Waals surface area contributed by atoms with E-state index in [4.69, 9.17) is 0 Å². The highest BCUT2D eigenvalue weighted by Gasteiger charge is 2.36. The average molecular weight is 314 g/mol. The molecule has 1 aliphatic rings. The predicted molar refractivity (Wildman–Crippen MR) is 99.3 cm³/mol. The number of fused-ring (bicyclic) bond motifs is 3. The molecule has 0 saturated heterocycles. The lowest BCUT2D eigenvalue weighted by Gasteiger charge is -2.21. The Bertz CT molecular complexity index is 911.